The number of rotatable bonds is 2. The topological polar surface area (TPSA) is 74.3 Å². The quantitative estimate of drug-likeness (QED) is 0.816. The predicted molar refractivity (Wildman–Crippen MR) is 72.7 cm³/mol. The fourth-order valence-corrected chi connectivity index (χ4v) is 2.89. The van der Waals surface area contributed by atoms with Crippen molar-refractivity contribution in [2.24, 2.45) is 11.8 Å². The van der Waals surface area contributed by atoms with E-state index < -0.39 is 0 Å². The molecule has 3 amide bonds. The molecule has 3 heterocycles. The highest BCUT2D eigenvalue weighted by molar-refractivity contribution is 5.96. The van der Waals surface area contributed by atoms with Gasteiger partial charge in [0.2, 0.25) is 5.91 Å². The normalized spacial score (nSPS) is 25.4. The molecule has 2 atom stereocenters. The van der Waals surface area contributed by atoms with Gasteiger partial charge in [-0.25, -0.2) is 4.79 Å². The molecule has 2 N–H and O–H groups in total. The fourth-order valence-electron chi connectivity index (χ4n) is 2.89. The number of nitrogens with one attached hydrogen (secondary N) is 2. The van der Waals surface area contributed by atoms with Crippen LogP contribution < -0.4 is 10.6 Å². The number of piperidine rings is 2. The molecule has 3 rings (SSSR count). The van der Waals surface area contributed by atoms with E-state index in [4.69, 9.17) is 0 Å². The molecule has 2 bridgehead atoms. The third kappa shape index (κ3) is 2.65. The van der Waals surface area contributed by atoms with Gasteiger partial charge in [-0.2, -0.15) is 0 Å². The van der Waals surface area contributed by atoms with Crippen LogP contribution in [-0.2, 0) is 11.3 Å². The second-order valence-electron chi connectivity index (χ2n) is 5.43. The molecule has 6 nitrogen and oxygen atoms in total. The van der Waals surface area contributed by atoms with Crippen molar-refractivity contribution in [1.82, 2.24) is 20.5 Å². The second kappa shape index (κ2) is 5.58. The Morgan fingerprint density at radius 1 is 1.50 bits per heavy atom. The zero-order chi connectivity index (χ0) is 13.9. The molecule has 20 heavy (non-hydrogen) atoms. The highest BCUT2D eigenvalue weighted by Crippen LogP contribution is 2.25. The number of carbonyl (C=O) groups is 2. The van der Waals surface area contributed by atoms with Gasteiger partial charge in [0, 0.05) is 32.0 Å². The molecule has 1 aromatic heterocycles. The van der Waals surface area contributed by atoms with Gasteiger partial charge in [0.25, 0.3) is 0 Å². The van der Waals surface area contributed by atoms with Gasteiger partial charge in [-0.3, -0.25) is 14.7 Å². The van der Waals surface area contributed by atoms with E-state index >= 15 is 0 Å². The van der Waals surface area contributed by atoms with Gasteiger partial charge in [-0.1, -0.05) is 6.07 Å². The van der Waals surface area contributed by atoms with E-state index in [1.807, 2.05) is 12.1 Å². The Labute approximate surface area is 117 Å². The molecule has 0 radical (unpaired) electrons. The number of carbonyl (C=O) groups excluding carboxylic acids is 2. The lowest BCUT2D eigenvalue weighted by Gasteiger charge is -2.39. The maximum Gasteiger partial charge on any atom is 0.324 e. The lowest BCUT2D eigenvalue weighted by atomic mass is 9.85. The number of pyridine rings is 1. The molecular weight excluding hydrogens is 256 g/mol. The van der Waals surface area contributed by atoms with Crippen molar-refractivity contribution in [1.29, 1.82) is 0 Å². The first-order valence-electron chi connectivity index (χ1n) is 6.93. The van der Waals surface area contributed by atoms with Gasteiger partial charge in [-0.05, 0) is 30.5 Å². The number of hydrogen-bond donors (Lipinski definition) is 2. The minimum absolute atomic E-state index is 0.0494. The summed E-state index contributed by atoms with van der Waals surface area (Å²) >= 11 is 0. The highest BCUT2D eigenvalue weighted by atomic mass is 16.2. The largest absolute Gasteiger partial charge is 0.333 e. The van der Waals surface area contributed by atoms with Crippen LogP contribution in [0.25, 0.3) is 0 Å². The van der Waals surface area contributed by atoms with Crippen molar-refractivity contribution in [3.05, 3.63) is 30.1 Å². The Balaban J connectivity index is 1.60. The van der Waals surface area contributed by atoms with Crippen molar-refractivity contribution >= 4 is 11.9 Å². The summed E-state index contributed by atoms with van der Waals surface area (Å²) in [5, 5.41) is 6.04. The Hall–Kier alpha value is -1.95. The Bertz CT molecular complexity index is 505. The Morgan fingerprint density at radius 3 is 3.20 bits per heavy atom. The third-order valence-electron chi connectivity index (χ3n) is 3.91. The second-order valence-corrected chi connectivity index (χ2v) is 5.43. The van der Waals surface area contributed by atoms with E-state index in [0.717, 1.165) is 18.5 Å². The average Bonchev–Trinajstić information content (AvgIpc) is 2.50. The number of imide groups is 1. The summed E-state index contributed by atoms with van der Waals surface area (Å²) in [6.45, 7) is 2.48. The van der Waals surface area contributed by atoms with E-state index in [2.05, 4.69) is 15.6 Å². The standard InChI is InChI=1S/C14H18N4O2/c19-13-12-4-11(6-16-8-12)9-18(13)14(20)17-7-10-2-1-3-15-5-10/h1-3,5,11-12,16H,4,6-9H2,(H,17,20). The first-order valence-corrected chi connectivity index (χ1v) is 6.93. The van der Waals surface area contributed by atoms with Crippen LogP contribution in [0.4, 0.5) is 4.79 Å². The van der Waals surface area contributed by atoms with Gasteiger partial charge in [0.1, 0.15) is 0 Å². The van der Waals surface area contributed by atoms with Crippen molar-refractivity contribution in [3.63, 3.8) is 0 Å². The summed E-state index contributed by atoms with van der Waals surface area (Å²) in [5.41, 5.74) is 0.923. The van der Waals surface area contributed by atoms with Gasteiger partial charge in [0.05, 0.1) is 5.92 Å². The van der Waals surface area contributed by atoms with E-state index in [1.165, 1.54) is 4.90 Å². The number of fused-ring (bicyclic) bond motifs is 2. The monoisotopic (exact) mass is 274 g/mol. The van der Waals surface area contributed by atoms with Gasteiger partial charge < -0.3 is 10.6 Å². The van der Waals surface area contributed by atoms with Crippen molar-refractivity contribution in [3.8, 4) is 0 Å². The fraction of sp³-hybridized carbons (Fsp3) is 0.500. The summed E-state index contributed by atoms with van der Waals surface area (Å²) in [5.74, 6) is 0.277. The third-order valence-corrected chi connectivity index (χ3v) is 3.91. The first-order chi connectivity index (χ1) is 9.74. The van der Waals surface area contributed by atoms with Crippen LogP contribution in [0.15, 0.2) is 24.5 Å². The summed E-state index contributed by atoms with van der Waals surface area (Å²) in [7, 11) is 0. The van der Waals surface area contributed by atoms with E-state index in [9.17, 15) is 9.59 Å². The maximum atomic E-state index is 12.2. The number of likely N-dealkylation sites (tertiary alicyclic amines) is 1. The summed E-state index contributed by atoms with van der Waals surface area (Å²) < 4.78 is 0. The molecule has 2 aliphatic rings. The van der Waals surface area contributed by atoms with Crippen molar-refractivity contribution in [2.45, 2.75) is 13.0 Å². The summed E-state index contributed by atoms with van der Waals surface area (Å²) in [4.78, 5) is 29.7. The molecule has 1 aromatic rings. The van der Waals surface area contributed by atoms with Crippen molar-refractivity contribution in [2.75, 3.05) is 19.6 Å². The summed E-state index contributed by atoms with van der Waals surface area (Å²) in [6, 6.07) is 3.42. The number of aromatic nitrogens is 1. The Morgan fingerprint density at radius 2 is 2.40 bits per heavy atom. The molecule has 0 aliphatic carbocycles. The van der Waals surface area contributed by atoms with Crippen LogP contribution in [-0.4, -0.2) is 41.5 Å². The molecule has 106 valence electrons. The van der Waals surface area contributed by atoms with E-state index in [0.29, 0.717) is 25.6 Å². The minimum atomic E-state index is -0.296. The zero-order valence-electron chi connectivity index (χ0n) is 11.2. The predicted octanol–water partition coefficient (Wildman–Crippen LogP) is 0.359. The van der Waals surface area contributed by atoms with Crippen LogP contribution >= 0.6 is 0 Å². The van der Waals surface area contributed by atoms with Gasteiger partial charge in [0.15, 0.2) is 0 Å². The lowest BCUT2D eigenvalue weighted by Crippen LogP contribution is -2.58. The highest BCUT2D eigenvalue weighted by Gasteiger charge is 2.39. The summed E-state index contributed by atoms with van der Waals surface area (Å²) in [6.07, 6.45) is 4.29. The van der Waals surface area contributed by atoms with Gasteiger partial charge in [-0.15, -0.1) is 0 Å². The minimum Gasteiger partial charge on any atom is -0.333 e. The number of amides is 3. The molecule has 0 saturated carbocycles. The molecule has 2 fully saturated rings. The molecular formula is C14H18N4O2. The Kier molecular flexibility index (Phi) is 3.64. The van der Waals surface area contributed by atoms with E-state index in [1.54, 1.807) is 12.4 Å². The van der Waals surface area contributed by atoms with Crippen LogP contribution in [0.3, 0.4) is 0 Å². The van der Waals surface area contributed by atoms with Crippen LogP contribution in [0.1, 0.15) is 12.0 Å². The number of hydrogen-bond acceptors (Lipinski definition) is 4. The molecule has 6 heteroatoms. The van der Waals surface area contributed by atoms with E-state index in [-0.39, 0.29) is 17.9 Å². The molecule has 2 saturated heterocycles. The van der Waals surface area contributed by atoms with Crippen LogP contribution in [0.2, 0.25) is 0 Å². The zero-order valence-corrected chi connectivity index (χ0v) is 11.2. The first kappa shape index (κ1) is 13.1. The molecule has 0 aromatic carbocycles. The molecule has 0 spiro atoms. The molecule has 2 aliphatic heterocycles. The molecule has 2 unspecified atom stereocenters. The van der Waals surface area contributed by atoms with Crippen LogP contribution in [0, 0.1) is 11.8 Å². The number of nitrogens with zero attached hydrogens (tertiary/aromatic N) is 2. The van der Waals surface area contributed by atoms with Gasteiger partial charge >= 0.3 is 6.03 Å². The average molecular weight is 274 g/mol. The smallest absolute Gasteiger partial charge is 0.324 e. The lowest BCUT2D eigenvalue weighted by molar-refractivity contribution is -0.137. The maximum absolute atomic E-state index is 12.2. The van der Waals surface area contributed by atoms with Crippen LogP contribution in [0.5, 0.6) is 0 Å². The SMILES string of the molecule is O=C(NCc1cccnc1)N1CC2CNCC(C2)C1=O. The van der Waals surface area contributed by atoms with Crippen molar-refractivity contribution < 1.29 is 9.59 Å². The number of urea groups is 1.